The Kier molecular flexibility index (Phi) is 3.90. The van der Waals surface area contributed by atoms with E-state index >= 15 is 0 Å². The Morgan fingerprint density at radius 2 is 2.05 bits per heavy atom. The monoisotopic (exact) mass is 328 g/mol. The van der Waals surface area contributed by atoms with Crippen LogP contribution in [-0.4, -0.2) is 26.4 Å². The lowest BCUT2D eigenvalue weighted by molar-refractivity contribution is -0.145. The molecule has 0 unspecified atom stereocenters. The van der Waals surface area contributed by atoms with Crippen molar-refractivity contribution in [1.29, 1.82) is 0 Å². The van der Waals surface area contributed by atoms with E-state index in [1.807, 2.05) is 13.8 Å². The van der Waals surface area contributed by atoms with Crippen LogP contribution in [0.15, 0.2) is 6.20 Å². The Bertz CT molecular complexity index is 696. The van der Waals surface area contributed by atoms with Crippen LogP contribution in [0.3, 0.4) is 0 Å². The average Bonchev–Trinajstić information content (AvgIpc) is 2.75. The lowest BCUT2D eigenvalue weighted by atomic mass is 10.1. The van der Waals surface area contributed by atoms with Gasteiger partial charge in [0.15, 0.2) is 0 Å². The molecule has 0 saturated heterocycles. The van der Waals surface area contributed by atoms with Gasteiger partial charge >= 0.3 is 6.18 Å². The summed E-state index contributed by atoms with van der Waals surface area (Å²) in [5.74, 6) is -1.06. The van der Waals surface area contributed by atoms with E-state index in [9.17, 15) is 13.2 Å². The first kappa shape index (κ1) is 15.4. The van der Waals surface area contributed by atoms with E-state index in [4.69, 9.17) is 0 Å². The summed E-state index contributed by atoms with van der Waals surface area (Å²) in [5.41, 5.74) is 2.28. The largest absolute Gasteiger partial charge is 0.451 e. The van der Waals surface area contributed by atoms with Gasteiger partial charge in [-0.25, -0.2) is 15.0 Å². The average molecular weight is 328 g/mol. The van der Waals surface area contributed by atoms with Gasteiger partial charge in [0.05, 0.1) is 16.4 Å². The number of aromatic nitrogens is 3. The predicted molar refractivity (Wildman–Crippen MR) is 76.4 cm³/mol. The summed E-state index contributed by atoms with van der Waals surface area (Å²) in [6, 6.07) is 0. The molecular weight excluding hydrogens is 313 g/mol. The second-order valence-electron chi connectivity index (χ2n) is 5.37. The molecule has 2 aromatic heterocycles. The molecule has 118 valence electrons. The first-order valence-corrected chi connectivity index (χ1v) is 7.72. The van der Waals surface area contributed by atoms with Crippen molar-refractivity contribution < 1.29 is 13.2 Å². The predicted octanol–water partition coefficient (Wildman–Crippen LogP) is 3.13. The van der Waals surface area contributed by atoms with Gasteiger partial charge in [-0.05, 0) is 25.8 Å². The van der Waals surface area contributed by atoms with Gasteiger partial charge in [0.2, 0.25) is 5.82 Å². The molecule has 4 nitrogen and oxygen atoms in total. The van der Waals surface area contributed by atoms with Crippen LogP contribution in [-0.2, 0) is 25.7 Å². The highest BCUT2D eigenvalue weighted by Gasteiger charge is 2.35. The molecule has 0 aromatic carbocycles. The van der Waals surface area contributed by atoms with E-state index in [2.05, 4.69) is 19.9 Å². The molecular formula is C14H15F3N4S. The Morgan fingerprint density at radius 1 is 1.27 bits per heavy atom. The quantitative estimate of drug-likeness (QED) is 0.849. The third-order valence-electron chi connectivity index (χ3n) is 3.65. The summed E-state index contributed by atoms with van der Waals surface area (Å²) >= 11 is 1.63. The summed E-state index contributed by atoms with van der Waals surface area (Å²) in [6.07, 6.45) is -2.52. The molecule has 0 amide bonds. The van der Waals surface area contributed by atoms with Crippen molar-refractivity contribution in [2.75, 3.05) is 6.54 Å². The minimum Gasteiger partial charge on any atom is -0.292 e. The summed E-state index contributed by atoms with van der Waals surface area (Å²) in [6.45, 7) is 5.81. The van der Waals surface area contributed by atoms with Crippen molar-refractivity contribution in [3.8, 4) is 0 Å². The van der Waals surface area contributed by atoms with E-state index in [0.717, 1.165) is 27.7 Å². The molecule has 1 aliphatic rings. The van der Waals surface area contributed by atoms with Gasteiger partial charge in [-0.3, -0.25) is 4.90 Å². The normalized spacial score (nSPS) is 15.9. The minimum absolute atomic E-state index is 0.414. The molecule has 1 aliphatic heterocycles. The molecule has 0 spiro atoms. The highest BCUT2D eigenvalue weighted by Crippen LogP contribution is 2.28. The zero-order valence-corrected chi connectivity index (χ0v) is 13.1. The number of thiazole rings is 1. The van der Waals surface area contributed by atoms with Crippen LogP contribution in [0.4, 0.5) is 13.2 Å². The van der Waals surface area contributed by atoms with Crippen LogP contribution < -0.4 is 0 Å². The van der Waals surface area contributed by atoms with Crippen LogP contribution >= 0.6 is 11.3 Å². The number of rotatable bonds is 2. The number of nitrogens with zero attached hydrogens (tertiary/aromatic N) is 4. The van der Waals surface area contributed by atoms with Crippen LogP contribution in [0.5, 0.6) is 0 Å². The fourth-order valence-corrected chi connectivity index (χ4v) is 3.53. The lowest BCUT2D eigenvalue weighted by Gasteiger charge is -2.27. The van der Waals surface area contributed by atoms with Crippen molar-refractivity contribution in [3.63, 3.8) is 0 Å². The number of hydrogen-bond acceptors (Lipinski definition) is 5. The minimum atomic E-state index is -4.50. The molecule has 0 atom stereocenters. The van der Waals surface area contributed by atoms with Crippen molar-refractivity contribution >= 4 is 11.3 Å². The fourth-order valence-electron chi connectivity index (χ4n) is 2.55. The van der Waals surface area contributed by atoms with E-state index in [1.54, 1.807) is 11.3 Å². The molecule has 0 aliphatic carbocycles. The standard InChI is InChI=1S/C14H15F3N4S/c1-8-12(22-9(2)19-8)7-21-4-3-10-5-18-13(14(15,16)17)20-11(10)6-21/h5H,3-4,6-7H2,1-2H3. The smallest absolute Gasteiger partial charge is 0.292 e. The number of alkyl halides is 3. The molecule has 8 heteroatoms. The summed E-state index contributed by atoms with van der Waals surface area (Å²) < 4.78 is 38.1. The Hall–Kier alpha value is -1.54. The molecule has 3 heterocycles. The lowest BCUT2D eigenvalue weighted by Crippen LogP contribution is -2.31. The topological polar surface area (TPSA) is 41.9 Å². The Morgan fingerprint density at radius 3 is 2.68 bits per heavy atom. The zero-order valence-electron chi connectivity index (χ0n) is 12.2. The summed E-state index contributed by atoms with van der Waals surface area (Å²) in [4.78, 5) is 14.8. The maximum absolute atomic E-state index is 12.7. The van der Waals surface area contributed by atoms with Gasteiger partial charge in [0.1, 0.15) is 0 Å². The summed E-state index contributed by atoms with van der Waals surface area (Å²) in [5, 5.41) is 1.01. The molecule has 0 N–H and O–H groups in total. The Labute approximate surface area is 130 Å². The molecule has 0 radical (unpaired) electrons. The number of halogens is 3. The number of fused-ring (bicyclic) bond motifs is 1. The van der Waals surface area contributed by atoms with Crippen LogP contribution in [0.1, 0.15) is 32.7 Å². The van der Waals surface area contributed by atoms with Gasteiger partial charge in [-0.1, -0.05) is 0 Å². The first-order valence-electron chi connectivity index (χ1n) is 6.90. The third kappa shape index (κ3) is 3.12. The van der Waals surface area contributed by atoms with Crippen molar-refractivity contribution in [1.82, 2.24) is 19.9 Å². The van der Waals surface area contributed by atoms with Crippen molar-refractivity contribution in [3.05, 3.63) is 38.9 Å². The fraction of sp³-hybridized carbons (Fsp3) is 0.500. The second-order valence-corrected chi connectivity index (χ2v) is 6.65. The van der Waals surface area contributed by atoms with E-state index < -0.39 is 12.0 Å². The van der Waals surface area contributed by atoms with Gasteiger partial charge in [-0.15, -0.1) is 11.3 Å². The van der Waals surface area contributed by atoms with Crippen molar-refractivity contribution in [2.45, 2.75) is 39.5 Å². The zero-order chi connectivity index (χ0) is 15.9. The first-order chi connectivity index (χ1) is 10.3. The molecule has 0 fully saturated rings. The highest BCUT2D eigenvalue weighted by molar-refractivity contribution is 7.11. The number of aryl methyl sites for hydroxylation is 2. The van der Waals surface area contributed by atoms with Crippen LogP contribution in [0.25, 0.3) is 0 Å². The van der Waals surface area contributed by atoms with Gasteiger partial charge in [-0.2, -0.15) is 13.2 Å². The maximum Gasteiger partial charge on any atom is 0.451 e. The van der Waals surface area contributed by atoms with Gasteiger partial charge in [0, 0.05) is 30.7 Å². The third-order valence-corrected chi connectivity index (χ3v) is 4.70. The molecule has 22 heavy (non-hydrogen) atoms. The Balaban J connectivity index is 1.79. The van der Waals surface area contributed by atoms with Crippen LogP contribution in [0.2, 0.25) is 0 Å². The van der Waals surface area contributed by atoms with Gasteiger partial charge < -0.3 is 0 Å². The highest BCUT2D eigenvalue weighted by atomic mass is 32.1. The van der Waals surface area contributed by atoms with E-state index in [1.165, 1.54) is 6.20 Å². The van der Waals surface area contributed by atoms with Crippen LogP contribution in [0, 0.1) is 13.8 Å². The van der Waals surface area contributed by atoms with E-state index in [0.29, 0.717) is 25.2 Å². The SMILES string of the molecule is Cc1nc(C)c(CN2CCc3cnc(C(F)(F)F)nc3C2)s1. The molecule has 0 saturated carbocycles. The molecule has 2 aromatic rings. The molecule has 0 bridgehead atoms. The second kappa shape index (κ2) is 5.58. The summed E-state index contributed by atoms with van der Waals surface area (Å²) in [7, 11) is 0. The van der Waals surface area contributed by atoms with Gasteiger partial charge in [0.25, 0.3) is 0 Å². The van der Waals surface area contributed by atoms with E-state index in [-0.39, 0.29) is 0 Å². The number of hydrogen-bond donors (Lipinski definition) is 0. The maximum atomic E-state index is 12.7. The molecule has 3 rings (SSSR count). The van der Waals surface area contributed by atoms with Crippen molar-refractivity contribution in [2.24, 2.45) is 0 Å².